The van der Waals surface area contributed by atoms with Crippen molar-refractivity contribution in [3.63, 3.8) is 0 Å². The highest BCUT2D eigenvalue weighted by Gasteiger charge is 2.28. The fraction of sp³-hybridized carbons (Fsp3) is 0.652. The van der Waals surface area contributed by atoms with E-state index in [2.05, 4.69) is 106 Å². The van der Waals surface area contributed by atoms with Gasteiger partial charge in [-0.25, -0.2) is 4.57 Å². The molecule has 2 N–H and O–H groups in total. The van der Waals surface area contributed by atoms with Crippen molar-refractivity contribution < 1.29 is 52.2 Å². The highest BCUT2D eigenvalue weighted by molar-refractivity contribution is 7.47. The molecule has 0 heterocycles. The summed E-state index contributed by atoms with van der Waals surface area (Å²) >= 11 is 0. The van der Waals surface area contributed by atoms with Crippen LogP contribution in [0.1, 0.15) is 239 Å². The summed E-state index contributed by atoms with van der Waals surface area (Å²) in [5, 5.41) is 9.80. The number of allylic oxidation sites excluding steroid dienone is 19. The van der Waals surface area contributed by atoms with Crippen molar-refractivity contribution in [2.75, 3.05) is 26.4 Å². The number of rotatable bonds is 55. The van der Waals surface area contributed by atoms with E-state index in [1.165, 1.54) is 96.3 Å². The van der Waals surface area contributed by atoms with Crippen molar-refractivity contribution in [2.45, 2.75) is 251 Å². The number of carbonyl (C=O) groups excluding carboxylic acids is 3. The van der Waals surface area contributed by atoms with Crippen LogP contribution in [0.2, 0.25) is 0 Å². The van der Waals surface area contributed by atoms with Crippen molar-refractivity contribution in [3.05, 3.63) is 122 Å². The molecule has 0 aromatic carbocycles. The molecule has 12 heteroatoms. The number of hydrogen-bond acceptors (Lipinski definition) is 10. The molecule has 0 aromatic heterocycles. The number of phosphoric ester groups is 1. The Kier molecular flexibility index (Phi) is 55.9. The second-order valence-electron chi connectivity index (χ2n) is 19.8. The van der Waals surface area contributed by atoms with Crippen LogP contribution in [0.3, 0.4) is 0 Å². The number of carbonyl (C=O) groups is 3. The smallest absolute Gasteiger partial charge is 0.462 e. The topological polar surface area (TPSA) is 155 Å². The summed E-state index contributed by atoms with van der Waals surface area (Å²) in [7, 11) is -4.80. The molecule has 0 aliphatic heterocycles. The third-order valence-electron chi connectivity index (χ3n) is 12.4. The van der Waals surface area contributed by atoms with Crippen LogP contribution in [0, 0.1) is 0 Å². The van der Waals surface area contributed by atoms with Gasteiger partial charge in [-0.3, -0.25) is 23.4 Å². The van der Waals surface area contributed by atoms with E-state index >= 15 is 0 Å². The second kappa shape index (κ2) is 59.0. The Morgan fingerprint density at radius 1 is 0.385 bits per heavy atom. The lowest BCUT2D eigenvalue weighted by molar-refractivity contribution is -0.161. The normalized spacial score (nSPS) is 14.2. The van der Waals surface area contributed by atoms with Gasteiger partial charge in [-0.05, 0) is 83.5 Å². The number of aliphatic hydroxyl groups excluding tert-OH is 1. The molecule has 0 radical (unpaired) electrons. The lowest BCUT2D eigenvalue weighted by Gasteiger charge is -2.21. The third kappa shape index (κ3) is 56.6. The maximum atomic E-state index is 12.9. The lowest BCUT2D eigenvalue weighted by atomic mass is 10.0. The van der Waals surface area contributed by atoms with Crippen LogP contribution in [-0.4, -0.2) is 66.5 Å². The molecule has 11 nitrogen and oxygen atoms in total. The number of unbranched alkanes of at least 4 members (excludes halogenated alkanes) is 19. The molecule has 0 saturated heterocycles. The Hall–Kier alpha value is -4.12. The van der Waals surface area contributed by atoms with Crippen LogP contribution in [0.5, 0.6) is 0 Å². The van der Waals surface area contributed by atoms with Gasteiger partial charge in [0, 0.05) is 12.8 Å². The highest BCUT2D eigenvalue weighted by atomic mass is 31.2. The number of phosphoric acid groups is 1. The van der Waals surface area contributed by atoms with Crippen molar-refractivity contribution in [2.24, 2.45) is 0 Å². The molecule has 0 amide bonds. The summed E-state index contributed by atoms with van der Waals surface area (Å²) in [6.45, 7) is 4.25. The van der Waals surface area contributed by atoms with Gasteiger partial charge >= 0.3 is 25.7 Å². The first-order chi connectivity index (χ1) is 38.2. The molecule has 0 spiro atoms. The molecule has 0 aliphatic carbocycles. The van der Waals surface area contributed by atoms with Crippen molar-refractivity contribution >= 4 is 25.7 Å². The van der Waals surface area contributed by atoms with Gasteiger partial charge in [-0.1, -0.05) is 258 Å². The Morgan fingerprint density at radius 3 is 1.12 bits per heavy atom. The highest BCUT2D eigenvalue weighted by Crippen LogP contribution is 2.43. The lowest BCUT2D eigenvalue weighted by Crippen LogP contribution is -2.30. The van der Waals surface area contributed by atoms with E-state index in [-0.39, 0.29) is 25.9 Å². The van der Waals surface area contributed by atoms with E-state index in [1.54, 1.807) is 6.08 Å². The number of esters is 3. The van der Waals surface area contributed by atoms with Gasteiger partial charge in [-0.15, -0.1) is 0 Å². The van der Waals surface area contributed by atoms with E-state index in [0.717, 1.165) is 77.0 Å². The molecule has 0 aromatic rings. The number of hydrogen-bond donors (Lipinski definition) is 2. The zero-order chi connectivity index (χ0) is 56.9. The third-order valence-corrected chi connectivity index (χ3v) is 13.4. The predicted octanol–water partition coefficient (Wildman–Crippen LogP) is 18.4. The van der Waals surface area contributed by atoms with E-state index in [9.17, 15) is 28.9 Å². The van der Waals surface area contributed by atoms with Crippen LogP contribution in [0.15, 0.2) is 122 Å². The summed E-state index contributed by atoms with van der Waals surface area (Å²) < 4.78 is 39.4. The minimum atomic E-state index is -4.80. The molecule has 0 saturated carbocycles. The van der Waals surface area contributed by atoms with Gasteiger partial charge < -0.3 is 24.2 Å². The van der Waals surface area contributed by atoms with Crippen molar-refractivity contribution in [1.82, 2.24) is 0 Å². The van der Waals surface area contributed by atoms with E-state index in [0.29, 0.717) is 25.7 Å². The van der Waals surface area contributed by atoms with Crippen LogP contribution in [-0.2, 0) is 42.2 Å². The first-order valence-electron chi connectivity index (χ1n) is 30.4. The molecule has 3 unspecified atom stereocenters. The molecule has 444 valence electrons. The van der Waals surface area contributed by atoms with Gasteiger partial charge in [0.2, 0.25) is 0 Å². The Labute approximate surface area is 475 Å². The largest absolute Gasteiger partial charge is 0.472 e. The molecule has 0 aliphatic rings. The zero-order valence-electron chi connectivity index (χ0n) is 49.1. The standard InChI is InChI=1S/C66H109O11P/c1-4-7-10-13-16-19-22-25-28-30-31-33-35-37-40-43-46-49-52-55-64(68)73-59-63(77-66(70)57-54-51-48-45-42-39-36-32-29-26-23-20-17-14-11-8-5-2)61-75-78(71,72)74-60-62(58-67)76-65(69)56-53-50-47-44-41-38-34-27-24-21-18-15-12-9-6-3/h8-9,11-12,17-18,20-21,26-27,29,34,36,39,41,44-45,48,50,53,62-63,67H,4-7,10,13-16,19,22-25,28,30-33,35,37-38,40,42-43,46-47,49,51-52,54-61H2,1-3H3,(H,71,72)/b11-8-,12-9-,20-17-,21-18-,29-26-,34-27-,39-36-,44-41-,48-45-,53-50-. The fourth-order valence-electron chi connectivity index (χ4n) is 7.88. The summed E-state index contributed by atoms with van der Waals surface area (Å²) in [5.74, 6) is -1.68. The van der Waals surface area contributed by atoms with Crippen molar-refractivity contribution in [1.29, 1.82) is 0 Å². The van der Waals surface area contributed by atoms with Gasteiger partial charge in [-0.2, -0.15) is 0 Å². The van der Waals surface area contributed by atoms with Crippen LogP contribution in [0.4, 0.5) is 0 Å². The summed E-state index contributed by atoms with van der Waals surface area (Å²) in [6, 6.07) is 0. The monoisotopic (exact) mass is 1110 g/mol. The molecule has 0 bridgehead atoms. The van der Waals surface area contributed by atoms with Gasteiger partial charge in [0.05, 0.1) is 26.2 Å². The first-order valence-corrected chi connectivity index (χ1v) is 31.9. The molecule has 0 fully saturated rings. The maximum Gasteiger partial charge on any atom is 0.472 e. The average molecular weight is 1110 g/mol. The molecular formula is C66H109O11P. The maximum absolute atomic E-state index is 12.9. The van der Waals surface area contributed by atoms with Crippen LogP contribution >= 0.6 is 7.82 Å². The van der Waals surface area contributed by atoms with Gasteiger partial charge in [0.1, 0.15) is 12.7 Å². The SMILES string of the molecule is CC/C=C\C/C=C\C/C=C\C/C=C\C/C=C\CCCC(=O)OC(COC(=O)CCCCCCCCCCCCCCCCCCCCC)COP(=O)(O)OCC(CO)OC(=O)C/C=C\C/C=C\C/C=C\C/C=C\C/C=C\CC. The Balaban J connectivity index is 4.86. The van der Waals surface area contributed by atoms with E-state index in [1.807, 2.05) is 30.4 Å². The van der Waals surface area contributed by atoms with Crippen LogP contribution < -0.4 is 0 Å². The van der Waals surface area contributed by atoms with Crippen LogP contribution in [0.25, 0.3) is 0 Å². The summed E-state index contributed by atoms with van der Waals surface area (Å²) in [4.78, 5) is 48.6. The minimum absolute atomic E-state index is 0.0645. The van der Waals surface area contributed by atoms with E-state index < -0.39 is 57.8 Å². The Morgan fingerprint density at radius 2 is 0.718 bits per heavy atom. The quantitative estimate of drug-likeness (QED) is 0.0197. The molecule has 78 heavy (non-hydrogen) atoms. The number of aliphatic hydroxyl groups is 1. The zero-order valence-corrected chi connectivity index (χ0v) is 50.0. The van der Waals surface area contributed by atoms with Gasteiger partial charge in [0.15, 0.2) is 6.10 Å². The fourth-order valence-corrected chi connectivity index (χ4v) is 8.66. The van der Waals surface area contributed by atoms with Gasteiger partial charge in [0.25, 0.3) is 0 Å². The average Bonchev–Trinajstić information content (AvgIpc) is 3.43. The molecule has 0 rings (SSSR count). The second-order valence-corrected chi connectivity index (χ2v) is 21.2. The molecule has 3 atom stereocenters. The Bertz CT molecular complexity index is 1770. The number of ether oxygens (including phenoxy) is 3. The van der Waals surface area contributed by atoms with Crippen molar-refractivity contribution in [3.8, 4) is 0 Å². The summed E-state index contributed by atoms with van der Waals surface area (Å²) in [5.41, 5.74) is 0. The van der Waals surface area contributed by atoms with E-state index in [4.69, 9.17) is 23.3 Å². The first kappa shape index (κ1) is 73.9. The predicted molar refractivity (Wildman–Crippen MR) is 325 cm³/mol. The summed E-state index contributed by atoms with van der Waals surface area (Å²) in [6.07, 6.45) is 73.4. The minimum Gasteiger partial charge on any atom is -0.462 e. The molecular weight excluding hydrogens is 1000 g/mol.